The lowest BCUT2D eigenvalue weighted by molar-refractivity contribution is 0.0338. The highest BCUT2D eigenvalue weighted by atomic mass is 32.1. The van der Waals surface area contributed by atoms with Gasteiger partial charge in [-0.25, -0.2) is 4.79 Å². The van der Waals surface area contributed by atoms with E-state index in [-0.39, 0.29) is 23.3 Å². The van der Waals surface area contributed by atoms with Gasteiger partial charge in [-0.2, -0.15) is 12.6 Å². The summed E-state index contributed by atoms with van der Waals surface area (Å²) in [5, 5.41) is 19.9. The second-order valence-electron chi connectivity index (χ2n) is 4.75. The molecule has 0 fully saturated rings. The normalized spacial score (nSPS) is 13.8. The monoisotopic (exact) mass is 323 g/mol. The number of carbonyl (C=O) groups excluding carboxylic acids is 1. The van der Waals surface area contributed by atoms with Gasteiger partial charge in [0.1, 0.15) is 11.7 Å². The van der Waals surface area contributed by atoms with Crippen molar-refractivity contribution in [3.63, 3.8) is 0 Å². The molecule has 1 aromatic heterocycles. The van der Waals surface area contributed by atoms with E-state index >= 15 is 0 Å². The van der Waals surface area contributed by atoms with Crippen molar-refractivity contribution >= 4 is 29.5 Å². The predicted octanol–water partition coefficient (Wildman–Crippen LogP) is 1.03. The number of aromatic nitrogens is 1. The van der Waals surface area contributed by atoms with E-state index in [2.05, 4.69) is 17.6 Å². The lowest BCUT2D eigenvalue weighted by atomic mass is 10.0. The average molecular weight is 323 g/mol. The van der Waals surface area contributed by atoms with Crippen molar-refractivity contribution < 1.29 is 19.7 Å². The topological polar surface area (TPSA) is 99.6 Å². The third kappa shape index (κ3) is 3.16. The van der Waals surface area contributed by atoms with E-state index < -0.39 is 23.6 Å². The number of aliphatic hydroxyl groups is 2. The molecule has 3 N–H and O–H groups in total. The first-order chi connectivity index (χ1) is 10.5. The van der Waals surface area contributed by atoms with Gasteiger partial charge >= 0.3 is 5.97 Å². The molecule has 0 aliphatic heterocycles. The van der Waals surface area contributed by atoms with Crippen molar-refractivity contribution in [3.05, 3.63) is 45.7 Å². The van der Waals surface area contributed by atoms with Crippen LogP contribution in [0.2, 0.25) is 0 Å². The van der Waals surface area contributed by atoms with Gasteiger partial charge in [-0.15, -0.1) is 0 Å². The number of fused-ring (bicyclic) bond motifs is 1. The van der Waals surface area contributed by atoms with E-state index in [1.54, 1.807) is 19.1 Å². The number of esters is 1. The molecule has 2 aromatic rings. The third-order valence-electron chi connectivity index (χ3n) is 3.29. The second kappa shape index (κ2) is 6.95. The zero-order valence-corrected chi connectivity index (χ0v) is 12.8. The molecule has 7 heteroatoms. The molecular formula is C15H17NO5S. The Morgan fingerprint density at radius 3 is 2.77 bits per heavy atom. The number of ether oxygens (including phenoxy) is 1. The smallest absolute Gasteiger partial charge is 0.343 e. The molecule has 0 bridgehead atoms. The lowest BCUT2D eigenvalue weighted by Crippen LogP contribution is -2.21. The summed E-state index contributed by atoms with van der Waals surface area (Å²) >= 11 is 3.93. The van der Waals surface area contributed by atoms with Crippen LogP contribution in [0.1, 0.15) is 28.9 Å². The van der Waals surface area contributed by atoms with E-state index in [0.29, 0.717) is 11.1 Å². The highest BCUT2D eigenvalue weighted by Gasteiger charge is 2.19. The SMILES string of the molecule is CCOC(=O)c1c[nH]c2ccc(C(O)C(O)CS)cc2c1=O. The molecule has 0 aliphatic carbocycles. The van der Waals surface area contributed by atoms with Crippen molar-refractivity contribution in [2.24, 2.45) is 0 Å². The maximum atomic E-state index is 12.4. The van der Waals surface area contributed by atoms with Crippen LogP contribution >= 0.6 is 12.6 Å². The summed E-state index contributed by atoms with van der Waals surface area (Å²) in [5.41, 5.74) is 0.312. The summed E-state index contributed by atoms with van der Waals surface area (Å²) in [6.45, 7) is 1.82. The molecule has 0 amide bonds. The molecule has 2 rings (SSSR count). The fourth-order valence-corrected chi connectivity index (χ4v) is 2.30. The summed E-state index contributed by atoms with van der Waals surface area (Å²) < 4.78 is 4.83. The van der Waals surface area contributed by atoms with E-state index in [0.717, 1.165) is 0 Å². The summed E-state index contributed by atoms with van der Waals surface area (Å²) in [6, 6.07) is 4.66. The number of benzene rings is 1. The van der Waals surface area contributed by atoms with Crippen molar-refractivity contribution in [1.82, 2.24) is 4.98 Å². The maximum Gasteiger partial charge on any atom is 0.343 e. The largest absolute Gasteiger partial charge is 0.462 e. The third-order valence-corrected chi connectivity index (χ3v) is 3.67. The fourth-order valence-electron chi connectivity index (χ4n) is 2.10. The maximum absolute atomic E-state index is 12.4. The predicted molar refractivity (Wildman–Crippen MR) is 85.3 cm³/mol. The van der Waals surface area contributed by atoms with Crippen molar-refractivity contribution in [2.75, 3.05) is 12.4 Å². The number of carbonyl (C=O) groups is 1. The molecule has 2 atom stereocenters. The number of thiol groups is 1. The quantitative estimate of drug-likeness (QED) is 0.486. The zero-order valence-electron chi connectivity index (χ0n) is 11.9. The standard InChI is InChI=1S/C15H17NO5S/c1-2-21-15(20)10-6-16-11-4-3-8(5-9(11)14(10)19)13(18)12(17)7-22/h3-6,12-13,17-18,22H,2,7H2,1H3,(H,16,19). The highest BCUT2D eigenvalue weighted by molar-refractivity contribution is 7.80. The first kappa shape index (κ1) is 16.5. The summed E-state index contributed by atoms with van der Waals surface area (Å²) in [5.74, 6) is -0.620. The van der Waals surface area contributed by atoms with Crippen LogP contribution in [0.4, 0.5) is 0 Å². The first-order valence-electron chi connectivity index (χ1n) is 6.79. The van der Waals surface area contributed by atoms with Gasteiger partial charge in [0, 0.05) is 22.9 Å². The molecule has 118 valence electrons. The van der Waals surface area contributed by atoms with Crippen LogP contribution < -0.4 is 5.43 Å². The number of hydrogen-bond donors (Lipinski definition) is 4. The van der Waals surface area contributed by atoms with Crippen molar-refractivity contribution in [3.8, 4) is 0 Å². The van der Waals surface area contributed by atoms with Gasteiger partial charge < -0.3 is 19.9 Å². The molecule has 0 radical (unpaired) electrons. The Balaban J connectivity index is 2.53. The molecule has 0 saturated heterocycles. The van der Waals surface area contributed by atoms with Gasteiger partial charge in [-0.1, -0.05) is 6.07 Å². The molecule has 0 saturated carbocycles. The Hall–Kier alpha value is -1.83. The number of nitrogens with one attached hydrogen (secondary N) is 1. The number of hydrogen-bond acceptors (Lipinski definition) is 6. The van der Waals surface area contributed by atoms with E-state index in [1.165, 1.54) is 12.3 Å². The number of aliphatic hydroxyl groups excluding tert-OH is 2. The number of H-pyrrole nitrogens is 1. The van der Waals surface area contributed by atoms with Crippen molar-refractivity contribution in [2.45, 2.75) is 19.1 Å². The van der Waals surface area contributed by atoms with Crippen LogP contribution in [-0.2, 0) is 4.74 Å². The Morgan fingerprint density at radius 2 is 2.14 bits per heavy atom. The van der Waals surface area contributed by atoms with Gasteiger partial charge in [0.15, 0.2) is 0 Å². The molecule has 6 nitrogen and oxygen atoms in total. The van der Waals surface area contributed by atoms with Crippen LogP contribution in [0.25, 0.3) is 10.9 Å². The highest BCUT2D eigenvalue weighted by Crippen LogP contribution is 2.21. The molecule has 0 aliphatic rings. The molecule has 1 heterocycles. The van der Waals surface area contributed by atoms with E-state index in [9.17, 15) is 19.8 Å². The van der Waals surface area contributed by atoms with Gasteiger partial charge in [0.05, 0.1) is 12.7 Å². The summed E-state index contributed by atoms with van der Waals surface area (Å²) in [6.07, 6.45) is -0.901. The number of aromatic amines is 1. The fraction of sp³-hybridized carbons (Fsp3) is 0.333. The molecule has 22 heavy (non-hydrogen) atoms. The Labute approximate surface area is 132 Å². The summed E-state index contributed by atoms with van der Waals surface area (Å²) in [7, 11) is 0. The molecular weight excluding hydrogens is 306 g/mol. The van der Waals surface area contributed by atoms with Gasteiger partial charge in [-0.3, -0.25) is 4.79 Å². The first-order valence-corrected chi connectivity index (χ1v) is 7.42. The zero-order chi connectivity index (χ0) is 16.3. The van der Waals surface area contributed by atoms with E-state index in [1.807, 2.05) is 0 Å². The second-order valence-corrected chi connectivity index (χ2v) is 5.12. The minimum absolute atomic E-state index is 0.0818. The van der Waals surface area contributed by atoms with Crippen LogP contribution in [0.5, 0.6) is 0 Å². The van der Waals surface area contributed by atoms with Crippen molar-refractivity contribution in [1.29, 1.82) is 0 Å². The molecule has 1 aromatic carbocycles. The van der Waals surface area contributed by atoms with Gasteiger partial charge in [0.25, 0.3) is 0 Å². The minimum Gasteiger partial charge on any atom is -0.462 e. The summed E-state index contributed by atoms with van der Waals surface area (Å²) in [4.78, 5) is 27.0. The lowest BCUT2D eigenvalue weighted by Gasteiger charge is -2.16. The number of rotatable bonds is 5. The van der Waals surface area contributed by atoms with Crippen LogP contribution in [0, 0.1) is 0 Å². The van der Waals surface area contributed by atoms with Gasteiger partial charge in [-0.05, 0) is 24.6 Å². The Kier molecular flexibility index (Phi) is 5.23. The molecule has 2 unspecified atom stereocenters. The minimum atomic E-state index is -1.16. The number of pyridine rings is 1. The van der Waals surface area contributed by atoms with Gasteiger partial charge in [0.2, 0.25) is 5.43 Å². The van der Waals surface area contributed by atoms with E-state index in [4.69, 9.17) is 4.74 Å². The average Bonchev–Trinajstić information content (AvgIpc) is 2.53. The van der Waals surface area contributed by atoms with Crippen LogP contribution in [-0.4, -0.2) is 39.6 Å². The molecule has 0 spiro atoms. The van der Waals surface area contributed by atoms with Crippen LogP contribution in [0.15, 0.2) is 29.2 Å². The van der Waals surface area contributed by atoms with Crippen LogP contribution in [0.3, 0.4) is 0 Å². The Bertz CT molecular complexity index is 742. The Morgan fingerprint density at radius 1 is 1.41 bits per heavy atom.